The van der Waals surface area contributed by atoms with Crippen molar-refractivity contribution in [2.75, 3.05) is 26.2 Å². The molecule has 2 aliphatic heterocycles. The molecule has 3 rings (SSSR count). The first-order valence-electron chi connectivity index (χ1n) is 6.91. The van der Waals surface area contributed by atoms with Gasteiger partial charge in [0.15, 0.2) is 0 Å². The minimum atomic E-state index is 0.482. The van der Waals surface area contributed by atoms with E-state index in [9.17, 15) is 0 Å². The fourth-order valence-corrected chi connectivity index (χ4v) is 3.07. The first-order valence-corrected chi connectivity index (χ1v) is 6.91. The van der Waals surface area contributed by atoms with E-state index in [0.717, 1.165) is 24.6 Å². The van der Waals surface area contributed by atoms with E-state index >= 15 is 0 Å². The summed E-state index contributed by atoms with van der Waals surface area (Å²) in [7, 11) is 0. The van der Waals surface area contributed by atoms with Gasteiger partial charge in [-0.3, -0.25) is 0 Å². The molecule has 2 heterocycles. The lowest BCUT2D eigenvalue weighted by Gasteiger charge is -2.22. The molecule has 3 nitrogen and oxygen atoms in total. The first kappa shape index (κ1) is 11.0. The molecule has 1 N–H and O–H groups in total. The normalized spacial score (nSPS) is 40.7. The summed E-state index contributed by atoms with van der Waals surface area (Å²) in [6.45, 7) is 7.01. The molecule has 0 aromatic heterocycles. The Morgan fingerprint density at radius 3 is 2.75 bits per heavy atom. The van der Waals surface area contributed by atoms with Crippen molar-refractivity contribution in [1.29, 1.82) is 0 Å². The average Bonchev–Trinajstić information content (AvgIpc) is 2.82. The van der Waals surface area contributed by atoms with Crippen LogP contribution < -0.4 is 5.32 Å². The summed E-state index contributed by atoms with van der Waals surface area (Å²) in [4.78, 5) is 2.63. The summed E-state index contributed by atoms with van der Waals surface area (Å²) in [6.07, 6.45) is 5.90. The number of hydrogen-bond donors (Lipinski definition) is 1. The summed E-state index contributed by atoms with van der Waals surface area (Å²) >= 11 is 0. The SMILES string of the molecule is CC1OCCC1CN1CCC(NC2CC2)C1. The van der Waals surface area contributed by atoms with Crippen LogP contribution in [-0.2, 0) is 4.74 Å². The van der Waals surface area contributed by atoms with Gasteiger partial charge in [0.05, 0.1) is 6.10 Å². The number of nitrogens with one attached hydrogen (secondary N) is 1. The summed E-state index contributed by atoms with van der Waals surface area (Å²) in [6, 6.07) is 1.63. The Kier molecular flexibility index (Phi) is 3.18. The van der Waals surface area contributed by atoms with Gasteiger partial charge in [-0.1, -0.05) is 0 Å². The van der Waals surface area contributed by atoms with Crippen molar-refractivity contribution >= 4 is 0 Å². The van der Waals surface area contributed by atoms with Crippen molar-refractivity contribution in [3.05, 3.63) is 0 Å². The van der Waals surface area contributed by atoms with E-state index in [1.807, 2.05) is 0 Å². The second-order valence-electron chi connectivity index (χ2n) is 5.81. The van der Waals surface area contributed by atoms with E-state index in [1.165, 1.54) is 45.3 Å². The van der Waals surface area contributed by atoms with Crippen molar-refractivity contribution in [3.8, 4) is 0 Å². The van der Waals surface area contributed by atoms with Gasteiger partial charge >= 0.3 is 0 Å². The highest BCUT2D eigenvalue weighted by Crippen LogP contribution is 2.25. The van der Waals surface area contributed by atoms with Crippen LogP contribution in [0.2, 0.25) is 0 Å². The molecule has 92 valence electrons. The molecular formula is C13H24N2O. The van der Waals surface area contributed by atoms with E-state index in [4.69, 9.17) is 4.74 Å². The van der Waals surface area contributed by atoms with Crippen molar-refractivity contribution in [1.82, 2.24) is 10.2 Å². The van der Waals surface area contributed by atoms with Gasteiger partial charge in [0.2, 0.25) is 0 Å². The highest BCUT2D eigenvalue weighted by atomic mass is 16.5. The predicted molar refractivity (Wildman–Crippen MR) is 64.5 cm³/mol. The molecule has 0 bridgehead atoms. The quantitative estimate of drug-likeness (QED) is 0.777. The summed E-state index contributed by atoms with van der Waals surface area (Å²) in [5, 5.41) is 3.75. The van der Waals surface area contributed by atoms with E-state index in [1.54, 1.807) is 0 Å². The summed E-state index contributed by atoms with van der Waals surface area (Å²) in [5.41, 5.74) is 0. The first-order chi connectivity index (χ1) is 7.81. The fourth-order valence-electron chi connectivity index (χ4n) is 3.07. The minimum absolute atomic E-state index is 0.482. The van der Waals surface area contributed by atoms with Crippen LogP contribution in [0.3, 0.4) is 0 Å². The zero-order valence-corrected chi connectivity index (χ0v) is 10.3. The van der Waals surface area contributed by atoms with Crippen LogP contribution in [0.25, 0.3) is 0 Å². The number of rotatable bonds is 4. The molecule has 0 aromatic carbocycles. The lowest BCUT2D eigenvalue weighted by molar-refractivity contribution is 0.0954. The molecule has 1 aliphatic carbocycles. The standard InChI is InChI=1S/C13H24N2O/c1-10-11(5-7-16-10)8-15-6-4-13(9-15)14-12-2-3-12/h10-14H,2-9H2,1H3. The van der Waals surface area contributed by atoms with E-state index < -0.39 is 0 Å². The zero-order valence-electron chi connectivity index (χ0n) is 10.3. The topological polar surface area (TPSA) is 24.5 Å². The Balaban J connectivity index is 1.42. The van der Waals surface area contributed by atoms with Crippen molar-refractivity contribution < 1.29 is 4.74 Å². The van der Waals surface area contributed by atoms with Gasteiger partial charge in [0, 0.05) is 31.8 Å². The lowest BCUT2D eigenvalue weighted by atomic mass is 10.0. The van der Waals surface area contributed by atoms with Crippen LogP contribution in [0.4, 0.5) is 0 Å². The number of hydrogen-bond acceptors (Lipinski definition) is 3. The molecule has 3 unspecified atom stereocenters. The second kappa shape index (κ2) is 4.63. The number of nitrogens with zero attached hydrogens (tertiary/aromatic N) is 1. The van der Waals surface area contributed by atoms with E-state index in [2.05, 4.69) is 17.1 Å². The molecule has 0 amide bonds. The molecule has 3 aliphatic rings. The van der Waals surface area contributed by atoms with Gasteiger partial charge < -0.3 is 15.0 Å². The molecule has 1 saturated carbocycles. The Bertz CT molecular complexity index is 242. The second-order valence-corrected chi connectivity index (χ2v) is 5.81. The van der Waals surface area contributed by atoms with Crippen LogP contribution >= 0.6 is 0 Å². The van der Waals surface area contributed by atoms with Crippen molar-refractivity contribution in [3.63, 3.8) is 0 Å². The highest BCUT2D eigenvalue weighted by molar-refractivity contribution is 4.90. The molecule has 0 spiro atoms. The Morgan fingerprint density at radius 2 is 2.06 bits per heavy atom. The maximum Gasteiger partial charge on any atom is 0.0588 e. The van der Waals surface area contributed by atoms with Gasteiger partial charge in [0.1, 0.15) is 0 Å². The Morgan fingerprint density at radius 1 is 1.19 bits per heavy atom. The van der Waals surface area contributed by atoms with Crippen LogP contribution in [0.5, 0.6) is 0 Å². The molecule has 2 saturated heterocycles. The predicted octanol–water partition coefficient (Wildman–Crippen LogP) is 1.24. The van der Waals surface area contributed by atoms with Crippen molar-refractivity contribution in [2.24, 2.45) is 5.92 Å². The summed E-state index contributed by atoms with van der Waals surface area (Å²) in [5.74, 6) is 0.777. The molecular weight excluding hydrogens is 200 g/mol. The van der Waals surface area contributed by atoms with Gasteiger partial charge in [-0.25, -0.2) is 0 Å². The number of likely N-dealkylation sites (tertiary alicyclic amines) is 1. The summed E-state index contributed by atoms with van der Waals surface area (Å²) < 4.78 is 5.63. The highest BCUT2D eigenvalue weighted by Gasteiger charge is 2.32. The monoisotopic (exact) mass is 224 g/mol. The van der Waals surface area contributed by atoms with Gasteiger partial charge in [-0.2, -0.15) is 0 Å². The largest absolute Gasteiger partial charge is 0.378 e. The fraction of sp³-hybridized carbons (Fsp3) is 1.00. The van der Waals surface area contributed by atoms with Gasteiger partial charge in [-0.05, 0) is 45.1 Å². The van der Waals surface area contributed by atoms with E-state index in [-0.39, 0.29) is 0 Å². The third-order valence-electron chi connectivity index (χ3n) is 4.35. The van der Waals surface area contributed by atoms with Crippen molar-refractivity contribution in [2.45, 2.75) is 50.8 Å². The van der Waals surface area contributed by atoms with Crippen LogP contribution in [0.15, 0.2) is 0 Å². The molecule has 3 atom stereocenters. The number of ether oxygens (including phenoxy) is 1. The smallest absolute Gasteiger partial charge is 0.0588 e. The van der Waals surface area contributed by atoms with Crippen LogP contribution in [0.1, 0.15) is 32.6 Å². The molecule has 0 aromatic rings. The average molecular weight is 224 g/mol. The molecule has 0 radical (unpaired) electrons. The maximum atomic E-state index is 5.63. The van der Waals surface area contributed by atoms with Gasteiger partial charge in [-0.15, -0.1) is 0 Å². The lowest BCUT2D eigenvalue weighted by Crippen LogP contribution is -2.36. The van der Waals surface area contributed by atoms with Crippen LogP contribution in [-0.4, -0.2) is 49.3 Å². The van der Waals surface area contributed by atoms with Gasteiger partial charge in [0.25, 0.3) is 0 Å². The molecule has 3 heteroatoms. The molecule has 16 heavy (non-hydrogen) atoms. The third-order valence-corrected chi connectivity index (χ3v) is 4.35. The maximum absolute atomic E-state index is 5.63. The Hall–Kier alpha value is -0.120. The Labute approximate surface area is 98.5 Å². The molecule has 3 fully saturated rings. The van der Waals surface area contributed by atoms with Crippen LogP contribution in [0, 0.1) is 5.92 Å². The van der Waals surface area contributed by atoms with E-state index in [0.29, 0.717) is 6.10 Å². The third kappa shape index (κ3) is 2.58. The zero-order chi connectivity index (χ0) is 11.0. The minimum Gasteiger partial charge on any atom is -0.378 e.